The molecule has 0 aliphatic carbocycles. The van der Waals surface area contributed by atoms with Crippen LogP contribution < -0.4 is 4.74 Å². The molecule has 0 amide bonds. The van der Waals surface area contributed by atoms with Crippen molar-refractivity contribution in [2.45, 2.75) is 11.8 Å². The Hall–Kier alpha value is -2.60. The lowest BCUT2D eigenvalue weighted by Gasteiger charge is -2.09. The van der Waals surface area contributed by atoms with Gasteiger partial charge in [-0.3, -0.25) is 0 Å². The summed E-state index contributed by atoms with van der Waals surface area (Å²) in [6.45, 7) is 1.77. The SMILES string of the molecule is COc1ccc(S(=O)(=O)n2nc(C)cc2-c2ccccc2)cc1. The standard InChI is InChI=1S/C17H16N2O3S/c1-13-12-17(14-6-4-3-5-7-14)19(18-13)23(20,21)16-10-8-15(22-2)9-11-16/h3-12H,1-2H3. The molecule has 0 saturated carbocycles. The van der Waals surface area contributed by atoms with Gasteiger partial charge in [0, 0.05) is 5.56 Å². The van der Waals surface area contributed by atoms with Crippen molar-refractivity contribution >= 4 is 10.0 Å². The Morgan fingerprint density at radius 2 is 1.65 bits per heavy atom. The molecule has 0 bridgehead atoms. The molecule has 3 aromatic rings. The third kappa shape index (κ3) is 2.85. The third-order valence-electron chi connectivity index (χ3n) is 3.45. The Morgan fingerprint density at radius 1 is 1.00 bits per heavy atom. The fourth-order valence-electron chi connectivity index (χ4n) is 2.31. The molecular weight excluding hydrogens is 312 g/mol. The highest BCUT2D eigenvalue weighted by Gasteiger charge is 2.22. The van der Waals surface area contributed by atoms with Crippen LogP contribution in [0.1, 0.15) is 5.69 Å². The minimum Gasteiger partial charge on any atom is -0.497 e. The Morgan fingerprint density at radius 3 is 2.26 bits per heavy atom. The van der Waals surface area contributed by atoms with E-state index in [1.54, 1.807) is 25.1 Å². The lowest BCUT2D eigenvalue weighted by atomic mass is 10.1. The van der Waals surface area contributed by atoms with Crippen LogP contribution in [0.2, 0.25) is 0 Å². The third-order valence-corrected chi connectivity index (χ3v) is 5.06. The zero-order chi connectivity index (χ0) is 16.4. The summed E-state index contributed by atoms with van der Waals surface area (Å²) in [4.78, 5) is 0.165. The highest BCUT2D eigenvalue weighted by molar-refractivity contribution is 7.90. The molecule has 2 aromatic carbocycles. The zero-order valence-electron chi connectivity index (χ0n) is 12.8. The van der Waals surface area contributed by atoms with Crippen LogP contribution >= 0.6 is 0 Å². The van der Waals surface area contributed by atoms with Crippen LogP contribution in [0.4, 0.5) is 0 Å². The Bertz CT molecular complexity index is 914. The van der Waals surface area contributed by atoms with E-state index < -0.39 is 10.0 Å². The van der Waals surface area contributed by atoms with E-state index in [2.05, 4.69) is 5.10 Å². The molecule has 5 nitrogen and oxygen atoms in total. The number of aromatic nitrogens is 2. The van der Waals surface area contributed by atoms with Crippen molar-refractivity contribution in [1.82, 2.24) is 9.19 Å². The van der Waals surface area contributed by atoms with Crippen molar-refractivity contribution in [3.63, 3.8) is 0 Å². The lowest BCUT2D eigenvalue weighted by Crippen LogP contribution is -2.16. The monoisotopic (exact) mass is 328 g/mol. The summed E-state index contributed by atoms with van der Waals surface area (Å²) < 4.78 is 32.0. The average molecular weight is 328 g/mol. The molecule has 0 spiro atoms. The number of ether oxygens (including phenoxy) is 1. The minimum atomic E-state index is -3.77. The van der Waals surface area contributed by atoms with Gasteiger partial charge in [-0.15, -0.1) is 0 Å². The quantitative estimate of drug-likeness (QED) is 0.738. The van der Waals surface area contributed by atoms with Crippen LogP contribution in [0.25, 0.3) is 11.3 Å². The van der Waals surface area contributed by atoms with Gasteiger partial charge >= 0.3 is 0 Å². The maximum Gasteiger partial charge on any atom is 0.283 e. The molecule has 3 rings (SSSR count). The van der Waals surface area contributed by atoms with Gasteiger partial charge in [-0.2, -0.15) is 17.6 Å². The van der Waals surface area contributed by atoms with E-state index in [4.69, 9.17) is 4.74 Å². The van der Waals surface area contributed by atoms with Crippen LogP contribution in [0, 0.1) is 6.92 Å². The number of hydrogen-bond acceptors (Lipinski definition) is 4. The smallest absolute Gasteiger partial charge is 0.283 e. The van der Waals surface area contributed by atoms with Crippen molar-refractivity contribution < 1.29 is 13.2 Å². The van der Waals surface area contributed by atoms with E-state index in [9.17, 15) is 8.42 Å². The number of benzene rings is 2. The molecule has 1 heterocycles. The number of rotatable bonds is 4. The number of aryl methyl sites for hydroxylation is 1. The van der Waals surface area contributed by atoms with Gasteiger partial charge in [-0.05, 0) is 37.3 Å². The van der Waals surface area contributed by atoms with Gasteiger partial charge in [0.1, 0.15) is 5.75 Å². The second kappa shape index (κ2) is 5.89. The predicted octanol–water partition coefficient (Wildman–Crippen LogP) is 3.10. The summed E-state index contributed by atoms with van der Waals surface area (Å²) in [5, 5.41) is 4.18. The second-order valence-corrected chi connectivity index (χ2v) is 6.83. The molecule has 6 heteroatoms. The molecule has 1 aromatic heterocycles. The van der Waals surface area contributed by atoms with E-state index in [1.807, 2.05) is 30.3 Å². The van der Waals surface area contributed by atoms with E-state index in [0.717, 1.165) is 9.65 Å². The number of methoxy groups -OCH3 is 1. The van der Waals surface area contributed by atoms with Gasteiger partial charge in [0.15, 0.2) is 0 Å². The molecule has 118 valence electrons. The first kappa shape index (κ1) is 15.3. The van der Waals surface area contributed by atoms with Crippen LogP contribution in [0.15, 0.2) is 65.6 Å². The maximum absolute atomic E-state index is 12.9. The Kier molecular flexibility index (Phi) is 3.92. The Balaban J connectivity index is 2.13. The van der Waals surface area contributed by atoms with Crippen molar-refractivity contribution in [1.29, 1.82) is 0 Å². The highest BCUT2D eigenvalue weighted by Crippen LogP contribution is 2.25. The van der Waals surface area contributed by atoms with E-state index in [0.29, 0.717) is 17.1 Å². The van der Waals surface area contributed by atoms with Gasteiger partial charge < -0.3 is 4.74 Å². The Labute approximate surface area is 135 Å². The molecule has 0 fully saturated rings. The normalized spacial score (nSPS) is 11.4. The van der Waals surface area contributed by atoms with Gasteiger partial charge in [-0.25, -0.2) is 0 Å². The molecule has 0 radical (unpaired) electrons. The van der Waals surface area contributed by atoms with Crippen molar-refractivity contribution in [3.05, 3.63) is 66.4 Å². The number of nitrogens with zero attached hydrogens (tertiary/aromatic N) is 2. The maximum atomic E-state index is 12.9. The minimum absolute atomic E-state index is 0.165. The molecule has 0 N–H and O–H groups in total. The van der Waals surface area contributed by atoms with Crippen LogP contribution in [-0.4, -0.2) is 24.7 Å². The predicted molar refractivity (Wildman–Crippen MR) is 88.0 cm³/mol. The topological polar surface area (TPSA) is 61.2 Å². The van der Waals surface area contributed by atoms with E-state index in [-0.39, 0.29) is 4.90 Å². The molecule has 0 saturated heterocycles. The summed E-state index contributed by atoms with van der Waals surface area (Å²) >= 11 is 0. The summed E-state index contributed by atoms with van der Waals surface area (Å²) in [5.74, 6) is 0.601. The van der Waals surface area contributed by atoms with Crippen LogP contribution in [0.5, 0.6) is 5.75 Å². The average Bonchev–Trinajstić information content (AvgIpc) is 2.98. The highest BCUT2D eigenvalue weighted by atomic mass is 32.2. The fraction of sp³-hybridized carbons (Fsp3) is 0.118. The first-order chi connectivity index (χ1) is 11.0. The van der Waals surface area contributed by atoms with Gasteiger partial charge in [0.25, 0.3) is 10.0 Å². The molecule has 0 aliphatic heterocycles. The zero-order valence-corrected chi connectivity index (χ0v) is 13.6. The number of hydrogen-bond donors (Lipinski definition) is 0. The first-order valence-electron chi connectivity index (χ1n) is 7.04. The summed E-state index contributed by atoms with van der Waals surface area (Å²) in [6, 6.07) is 17.3. The first-order valence-corrected chi connectivity index (χ1v) is 8.48. The van der Waals surface area contributed by atoms with Gasteiger partial charge in [0.05, 0.1) is 23.4 Å². The molecule has 0 atom stereocenters. The summed E-state index contributed by atoms with van der Waals surface area (Å²) in [7, 11) is -2.24. The van der Waals surface area contributed by atoms with Crippen molar-refractivity contribution in [2.24, 2.45) is 0 Å². The summed E-state index contributed by atoms with van der Waals surface area (Å²) in [6.07, 6.45) is 0. The van der Waals surface area contributed by atoms with Crippen molar-refractivity contribution in [2.75, 3.05) is 7.11 Å². The summed E-state index contributed by atoms with van der Waals surface area (Å²) in [5.41, 5.74) is 1.98. The molecule has 0 unspecified atom stereocenters. The van der Waals surface area contributed by atoms with Crippen molar-refractivity contribution in [3.8, 4) is 17.0 Å². The lowest BCUT2D eigenvalue weighted by molar-refractivity contribution is 0.414. The second-order valence-electron chi connectivity index (χ2n) is 5.06. The van der Waals surface area contributed by atoms with Crippen LogP contribution in [-0.2, 0) is 10.0 Å². The van der Waals surface area contributed by atoms with E-state index in [1.165, 1.54) is 19.2 Å². The largest absolute Gasteiger partial charge is 0.497 e. The molecule has 0 aliphatic rings. The fourth-order valence-corrected chi connectivity index (χ4v) is 3.65. The molecule has 23 heavy (non-hydrogen) atoms. The van der Waals surface area contributed by atoms with E-state index >= 15 is 0 Å². The van der Waals surface area contributed by atoms with Gasteiger partial charge in [-0.1, -0.05) is 30.3 Å². The van der Waals surface area contributed by atoms with Crippen LogP contribution in [0.3, 0.4) is 0 Å². The van der Waals surface area contributed by atoms with Gasteiger partial charge in [0.2, 0.25) is 0 Å². The molecular formula is C17H16N2O3S.